The Morgan fingerprint density at radius 2 is 2.22 bits per heavy atom. The summed E-state index contributed by atoms with van der Waals surface area (Å²) in [6.07, 6.45) is 0.556. The summed E-state index contributed by atoms with van der Waals surface area (Å²) in [5.41, 5.74) is 1.25. The lowest BCUT2D eigenvalue weighted by Crippen LogP contribution is -2.53. The third-order valence-corrected chi connectivity index (χ3v) is 4.86. The summed E-state index contributed by atoms with van der Waals surface area (Å²) < 4.78 is 23.3. The molecule has 1 saturated heterocycles. The van der Waals surface area contributed by atoms with Crippen molar-refractivity contribution in [3.8, 4) is 0 Å². The molecule has 10 heteroatoms. The largest absolute Gasteiger partial charge is 0.287 e. The zero-order chi connectivity index (χ0) is 13.3. The van der Waals surface area contributed by atoms with Crippen LogP contribution in [0.3, 0.4) is 0 Å². The molecular weight excluding hydrogens is 280 g/mol. The summed E-state index contributed by atoms with van der Waals surface area (Å²) in [5.74, 6) is -1.51. The van der Waals surface area contributed by atoms with Crippen LogP contribution >= 0.6 is 11.3 Å². The fourth-order valence-corrected chi connectivity index (χ4v) is 3.14. The second-order valence-electron chi connectivity index (χ2n) is 3.81. The number of nitrogens with zero attached hydrogens (tertiary/aromatic N) is 3. The SMILES string of the molecule is CC1CCC(=O)N(NS(=O)(=O)c2nncs2)C1=O. The molecule has 1 aliphatic rings. The van der Waals surface area contributed by atoms with Crippen LogP contribution in [-0.4, -0.2) is 35.4 Å². The first-order valence-electron chi connectivity index (χ1n) is 5.07. The van der Waals surface area contributed by atoms with Crippen molar-refractivity contribution in [3.05, 3.63) is 5.51 Å². The van der Waals surface area contributed by atoms with Crippen LogP contribution in [0.5, 0.6) is 0 Å². The summed E-state index contributed by atoms with van der Waals surface area (Å²) in [5, 5.41) is 7.33. The first-order chi connectivity index (χ1) is 8.42. The van der Waals surface area contributed by atoms with E-state index in [-0.39, 0.29) is 16.7 Å². The number of aromatic nitrogens is 2. The van der Waals surface area contributed by atoms with E-state index in [9.17, 15) is 18.0 Å². The molecule has 0 radical (unpaired) electrons. The second kappa shape index (κ2) is 4.71. The van der Waals surface area contributed by atoms with Gasteiger partial charge in [0.1, 0.15) is 5.51 Å². The van der Waals surface area contributed by atoms with Gasteiger partial charge in [-0.05, 0) is 6.42 Å². The molecule has 2 rings (SSSR count). The Labute approximate surface area is 107 Å². The molecule has 0 aromatic carbocycles. The zero-order valence-corrected chi connectivity index (χ0v) is 11.0. The maximum atomic E-state index is 11.8. The van der Waals surface area contributed by atoms with Crippen molar-refractivity contribution >= 4 is 33.2 Å². The number of nitrogens with one attached hydrogen (secondary N) is 1. The third kappa shape index (κ3) is 2.40. The molecule has 1 fully saturated rings. The van der Waals surface area contributed by atoms with Crippen LogP contribution in [0.4, 0.5) is 0 Å². The van der Waals surface area contributed by atoms with E-state index in [2.05, 4.69) is 10.2 Å². The molecule has 1 aromatic rings. The molecule has 18 heavy (non-hydrogen) atoms. The monoisotopic (exact) mass is 290 g/mol. The molecule has 1 aromatic heterocycles. The Balaban J connectivity index is 2.23. The Morgan fingerprint density at radius 3 is 2.83 bits per heavy atom. The predicted octanol–water partition coefficient (Wildman–Crippen LogP) is -0.483. The normalized spacial score (nSPS) is 21.4. The van der Waals surface area contributed by atoms with Gasteiger partial charge in [-0.3, -0.25) is 9.59 Å². The summed E-state index contributed by atoms with van der Waals surface area (Å²) >= 11 is 0.800. The molecule has 0 bridgehead atoms. The molecule has 1 aliphatic heterocycles. The van der Waals surface area contributed by atoms with Crippen LogP contribution in [0.15, 0.2) is 9.85 Å². The van der Waals surface area contributed by atoms with E-state index in [1.807, 2.05) is 4.83 Å². The first kappa shape index (κ1) is 13.1. The third-order valence-electron chi connectivity index (χ3n) is 2.46. The van der Waals surface area contributed by atoms with E-state index in [1.54, 1.807) is 6.92 Å². The van der Waals surface area contributed by atoms with E-state index in [0.29, 0.717) is 11.4 Å². The van der Waals surface area contributed by atoms with Gasteiger partial charge in [0.2, 0.25) is 16.2 Å². The van der Waals surface area contributed by atoms with Crippen LogP contribution in [0, 0.1) is 5.92 Å². The maximum absolute atomic E-state index is 11.8. The predicted molar refractivity (Wildman–Crippen MR) is 60.5 cm³/mol. The molecule has 2 heterocycles. The Kier molecular flexibility index (Phi) is 3.41. The van der Waals surface area contributed by atoms with Crippen molar-refractivity contribution in [2.45, 2.75) is 24.1 Å². The minimum atomic E-state index is -4.03. The van der Waals surface area contributed by atoms with Crippen LogP contribution in [0.25, 0.3) is 0 Å². The molecule has 0 spiro atoms. The molecule has 0 saturated carbocycles. The van der Waals surface area contributed by atoms with Gasteiger partial charge in [0.15, 0.2) is 0 Å². The lowest BCUT2D eigenvalue weighted by Gasteiger charge is -2.27. The van der Waals surface area contributed by atoms with E-state index >= 15 is 0 Å². The van der Waals surface area contributed by atoms with Crippen molar-refractivity contribution in [2.75, 3.05) is 0 Å². The number of rotatable bonds is 3. The topological polar surface area (TPSA) is 109 Å². The zero-order valence-electron chi connectivity index (χ0n) is 9.36. The first-order valence-corrected chi connectivity index (χ1v) is 7.43. The molecule has 1 N–H and O–H groups in total. The number of sulfonamides is 1. The van der Waals surface area contributed by atoms with Gasteiger partial charge in [0.25, 0.3) is 10.0 Å². The smallest absolute Gasteiger partial charge is 0.273 e. The van der Waals surface area contributed by atoms with Gasteiger partial charge in [-0.15, -0.1) is 15.0 Å². The quantitative estimate of drug-likeness (QED) is 0.753. The molecule has 2 amide bonds. The van der Waals surface area contributed by atoms with Crippen molar-refractivity contribution in [3.63, 3.8) is 0 Å². The molecule has 1 unspecified atom stereocenters. The molecule has 98 valence electrons. The molecule has 1 atom stereocenters. The number of hydrogen-bond donors (Lipinski definition) is 1. The number of amides is 2. The van der Waals surface area contributed by atoms with E-state index in [4.69, 9.17) is 0 Å². The van der Waals surface area contributed by atoms with Gasteiger partial charge in [-0.25, -0.2) is 8.42 Å². The van der Waals surface area contributed by atoms with Crippen LogP contribution in [-0.2, 0) is 19.6 Å². The average molecular weight is 290 g/mol. The van der Waals surface area contributed by atoms with Crippen molar-refractivity contribution < 1.29 is 18.0 Å². The maximum Gasteiger partial charge on any atom is 0.287 e. The highest BCUT2D eigenvalue weighted by Gasteiger charge is 2.35. The number of hydrazine groups is 1. The minimum Gasteiger partial charge on any atom is -0.273 e. The summed E-state index contributed by atoms with van der Waals surface area (Å²) in [6, 6.07) is 0. The average Bonchev–Trinajstić information content (AvgIpc) is 2.84. The summed E-state index contributed by atoms with van der Waals surface area (Å²) in [6.45, 7) is 1.64. The lowest BCUT2D eigenvalue weighted by atomic mass is 10.0. The Hall–Kier alpha value is -1.39. The van der Waals surface area contributed by atoms with Crippen LogP contribution in [0.2, 0.25) is 0 Å². The standard InChI is InChI=1S/C8H10N4O4S2/c1-5-2-3-6(13)12(7(5)14)11-18(15,16)8-10-9-4-17-8/h4-5,11H,2-3H2,1H3. The molecule has 8 nitrogen and oxygen atoms in total. The van der Waals surface area contributed by atoms with Crippen molar-refractivity contribution in [2.24, 2.45) is 5.92 Å². The highest BCUT2D eigenvalue weighted by molar-refractivity contribution is 7.91. The van der Waals surface area contributed by atoms with Gasteiger partial charge >= 0.3 is 0 Å². The summed E-state index contributed by atoms with van der Waals surface area (Å²) in [7, 11) is -4.03. The number of hydrogen-bond acceptors (Lipinski definition) is 7. The Bertz CT molecular complexity index is 568. The van der Waals surface area contributed by atoms with E-state index in [1.165, 1.54) is 5.51 Å². The van der Waals surface area contributed by atoms with E-state index in [0.717, 1.165) is 11.3 Å². The number of carbonyl (C=O) groups excluding carboxylic acids is 2. The van der Waals surface area contributed by atoms with Gasteiger partial charge in [0, 0.05) is 12.3 Å². The highest BCUT2D eigenvalue weighted by Crippen LogP contribution is 2.18. The van der Waals surface area contributed by atoms with Gasteiger partial charge in [-0.1, -0.05) is 18.3 Å². The van der Waals surface area contributed by atoms with Crippen LogP contribution < -0.4 is 4.83 Å². The molecular formula is C8H10N4O4S2. The fraction of sp³-hybridized carbons (Fsp3) is 0.500. The van der Waals surface area contributed by atoms with E-state index < -0.39 is 21.8 Å². The van der Waals surface area contributed by atoms with Gasteiger partial charge < -0.3 is 0 Å². The Morgan fingerprint density at radius 1 is 1.50 bits per heavy atom. The van der Waals surface area contributed by atoms with Gasteiger partial charge in [-0.2, -0.15) is 5.01 Å². The second-order valence-corrected chi connectivity index (χ2v) is 6.47. The van der Waals surface area contributed by atoms with Crippen LogP contribution in [0.1, 0.15) is 19.8 Å². The highest BCUT2D eigenvalue weighted by atomic mass is 32.2. The lowest BCUT2D eigenvalue weighted by molar-refractivity contribution is -0.153. The van der Waals surface area contributed by atoms with Gasteiger partial charge in [0.05, 0.1) is 0 Å². The number of piperidine rings is 1. The minimum absolute atomic E-state index is 0.131. The number of carbonyl (C=O) groups is 2. The molecule has 0 aliphatic carbocycles. The van der Waals surface area contributed by atoms with Crippen molar-refractivity contribution in [1.29, 1.82) is 0 Å². The van der Waals surface area contributed by atoms with Crippen molar-refractivity contribution in [1.82, 2.24) is 20.0 Å². The number of imide groups is 1. The fourth-order valence-electron chi connectivity index (χ4n) is 1.45. The summed E-state index contributed by atoms with van der Waals surface area (Å²) in [4.78, 5) is 25.2.